The Labute approximate surface area is 168 Å². The van der Waals surface area contributed by atoms with Crippen LogP contribution in [0.3, 0.4) is 0 Å². The van der Waals surface area contributed by atoms with E-state index in [0.717, 1.165) is 40.8 Å². The zero-order chi connectivity index (χ0) is 18.8. The Morgan fingerprint density at radius 2 is 1.63 bits per heavy atom. The van der Waals surface area contributed by atoms with Crippen LogP contribution in [0.2, 0.25) is 10.0 Å². The molecule has 1 unspecified atom stereocenters. The van der Waals surface area contributed by atoms with E-state index in [4.69, 9.17) is 27.9 Å². The molecule has 140 valence electrons. The number of hydrogen-bond acceptors (Lipinski definition) is 4. The third-order valence-electron chi connectivity index (χ3n) is 4.83. The molecule has 0 bridgehead atoms. The van der Waals surface area contributed by atoms with Crippen molar-refractivity contribution in [2.45, 2.75) is 6.23 Å². The van der Waals surface area contributed by atoms with Crippen LogP contribution in [0.1, 0.15) is 11.8 Å². The van der Waals surface area contributed by atoms with Gasteiger partial charge < -0.3 is 15.2 Å². The number of benzene rings is 3. The van der Waals surface area contributed by atoms with Crippen molar-refractivity contribution in [3.8, 4) is 0 Å². The molecule has 1 fully saturated rings. The second kappa shape index (κ2) is 8.05. The molecule has 3 aromatic carbocycles. The van der Waals surface area contributed by atoms with Crippen LogP contribution in [0.15, 0.2) is 54.6 Å². The predicted octanol–water partition coefficient (Wildman–Crippen LogP) is 5.21. The number of hydrogen-bond donors (Lipinski definition) is 2. The molecule has 0 aliphatic carbocycles. The number of anilines is 2. The fourth-order valence-corrected chi connectivity index (χ4v) is 3.87. The van der Waals surface area contributed by atoms with Crippen molar-refractivity contribution in [2.75, 3.05) is 31.6 Å². The van der Waals surface area contributed by atoms with Gasteiger partial charge in [-0.3, -0.25) is 4.90 Å². The molecule has 1 heterocycles. The first-order valence-electron chi connectivity index (χ1n) is 8.87. The summed E-state index contributed by atoms with van der Waals surface area (Å²) in [7, 11) is 0. The van der Waals surface area contributed by atoms with Gasteiger partial charge in [0.25, 0.3) is 0 Å². The van der Waals surface area contributed by atoms with Crippen molar-refractivity contribution in [1.82, 2.24) is 4.90 Å². The highest BCUT2D eigenvalue weighted by Crippen LogP contribution is 2.35. The first kappa shape index (κ1) is 18.5. The molecule has 6 heteroatoms. The quantitative estimate of drug-likeness (QED) is 0.628. The van der Waals surface area contributed by atoms with Crippen molar-refractivity contribution in [1.29, 1.82) is 0 Å². The standard InChI is InChI=1S/C21H20Cl2N2O2/c22-14-5-7-20(18(23)13-14)24-19-8-6-17(15-3-1-2-4-16(15)19)21(26)25-9-11-27-12-10-25/h1-8,13,21,24,26H,9-12H2. The van der Waals surface area contributed by atoms with E-state index in [1.165, 1.54) is 0 Å². The summed E-state index contributed by atoms with van der Waals surface area (Å²) in [6, 6.07) is 17.4. The average Bonchev–Trinajstić information content (AvgIpc) is 2.70. The lowest BCUT2D eigenvalue weighted by Crippen LogP contribution is -2.39. The van der Waals surface area contributed by atoms with Gasteiger partial charge in [-0.25, -0.2) is 0 Å². The molecular formula is C21H20Cl2N2O2. The van der Waals surface area contributed by atoms with Gasteiger partial charge in [-0.1, -0.05) is 53.5 Å². The highest BCUT2D eigenvalue weighted by atomic mass is 35.5. The zero-order valence-corrected chi connectivity index (χ0v) is 16.2. The fourth-order valence-electron chi connectivity index (χ4n) is 3.41. The van der Waals surface area contributed by atoms with E-state index in [-0.39, 0.29) is 0 Å². The maximum absolute atomic E-state index is 10.9. The molecule has 2 N–H and O–H groups in total. The Hall–Kier alpha value is -1.82. The largest absolute Gasteiger partial charge is 0.379 e. The molecule has 3 aromatic rings. The summed E-state index contributed by atoms with van der Waals surface area (Å²) in [6.45, 7) is 2.72. The Bertz CT molecular complexity index is 958. The van der Waals surface area contributed by atoms with Crippen LogP contribution in [0.4, 0.5) is 11.4 Å². The van der Waals surface area contributed by atoms with Gasteiger partial charge in [0, 0.05) is 34.7 Å². The molecule has 4 rings (SSSR count). The van der Waals surface area contributed by atoms with Crippen molar-refractivity contribution in [3.63, 3.8) is 0 Å². The van der Waals surface area contributed by atoms with E-state index in [0.29, 0.717) is 23.3 Å². The highest BCUT2D eigenvalue weighted by molar-refractivity contribution is 6.36. The molecular weight excluding hydrogens is 383 g/mol. The van der Waals surface area contributed by atoms with Gasteiger partial charge in [-0.2, -0.15) is 0 Å². The van der Waals surface area contributed by atoms with Crippen LogP contribution in [0.25, 0.3) is 10.8 Å². The van der Waals surface area contributed by atoms with Crippen LogP contribution in [-0.2, 0) is 4.74 Å². The first-order valence-corrected chi connectivity index (χ1v) is 9.62. The van der Waals surface area contributed by atoms with E-state index in [1.54, 1.807) is 12.1 Å². The monoisotopic (exact) mass is 402 g/mol. The van der Waals surface area contributed by atoms with Crippen molar-refractivity contribution in [2.24, 2.45) is 0 Å². The second-order valence-corrected chi connectivity index (χ2v) is 7.36. The summed E-state index contributed by atoms with van der Waals surface area (Å²) in [5, 5.41) is 17.5. The summed E-state index contributed by atoms with van der Waals surface area (Å²) in [5.41, 5.74) is 2.60. The minimum Gasteiger partial charge on any atom is -0.379 e. The van der Waals surface area contributed by atoms with E-state index < -0.39 is 6.23 Å². The summed E-state index contributed by atoms with van der Waals surface area (Å²) in [4.78, 5) is 2.04. The van der Waals surface area contributed by atoms with Gasteiger partial charge in [-0.15, -0.1) is 0 Å². The number of nitrogens with zero attached hydrogens (tertiary/aromatic N) is 1. The lowest BCUT2D eigenvalue weighted by Gasteiger charge is -2.32. The number of ether oxygens (including phenoxy) is 1. The molecule has 1 saturated heterocycles. The molecule has 0 amide bonds. The molecule has 27 heavy (non-hydrogen) atoms. The minimum absolute atomic E-state index is 0.559. The summed E-state index contributed by atoms with van der Waals surface area (Å²) in [6.07, 6.45) is -0.660. The number of morpholine rings is 1. The number of aliphatic hydroxyl groups is 1. The molecule has 1 aliphatic rings. The van der Waals surface area contributed by atoms with Gasteiger partial charge in [0.1, 0.15) is 6.23 Å². The van der Waals surface area contributed by atoms with Gasteiger partial charge in [0.15, 0.2) is 0 Å². The Kier molecular flexibility index (Phi) is 5.53. The van der Waals surface area contributed by atoms with Gasteiger partial charge in [0.2, 0.25) is 0 Å². The second-order valence-electron chi connectivity index (χ2n) is 6.52. The van der Waals surface area contributed by atoms with E-state index in [1.807, 2.05) is 47.4 Å². The number of aliphatic hydroxyl groups excluding tert-OH is 1. The highest BCUT2D eigenvalue weighted by Gasteiger charge is 2.22. The summed E-state index contributed by atoms with van der Waals surface area (Å²) < 4.78 is 5.39. The van der Waals surface area contributed by atoms with E-state index in [9.17, 15) is 5.11 Å². The van der Waals surface area contributed by atoms with Gasteiger partial charge >= 0.3 is 0 Å². The van der Waals surface area contributed by atoms with Crippen LogP contribution < -0.4 is 5.32 Å². The van der Waals surface area contributed by atoms with Gasteiger partial charge in [0.05, 0.1) is 23.9 Å². The molecule has 0 saturated carbocycles. The van der Waals surface area contributed by atoms with E-state index >= 15 is 0 Å². The molecule has 4 nitrogen and oxygen atoms in total. The number of rotatable bonds is 4. The Morgan fingerprint density at radius 1 is 0.926 bits per heavy atom. The lowest BCUT2D eigenvalue weighted by molar-refractivity contribution is -0.0596. The first-order chi connectivity index (χ1) is 13.1. The van der Waals surface area contributed by atoms with Crippen molar-refractivity contribution in [3.05, 3.63) is 70.2 Å². The Morgan fingerprint density at radius 3 is 2.37 bits per heavy atom. The number of fused-ring (bicyclic) bond motifs is 1. The third-order valence-corrected chi connectivity index (χ3v) is 5.38. The van der Waals surface area contributed by atoms with Crippen LogP contribution in [-0.4, -0.2) is 36.3 Å². The third kappa shape index (κ3) is 3.91. The average molecular weight is 403 g/mol. The van der Waals surface area contributed by atoms with Crippen molar-refractivity contribution < 1.29 is 9.84 Å². The topological polar surface area (TPSA) is 44.7 Å². The maximum Gasteiger partial charge on any atom is 0.134 e. The normalized spacial score (nSPS) is 16.4. The SMILES string of the molecule is OC(c1ccc(Nc2ccc(Cl)cc2Cl)c2ccccc12)N1CCOCC1. The number of nitrogens with one attached hydrogen (secondary N) is 1. The molecule has 0 spiro atoms. The molecule has 1 aliphatic heterocycles. The van der Waals surface area contributed by atoms with E-state index in [2.05, 4.69) is 5.32 Å². The fraction of sp³-hybridized carbons (Fsp3) is 0.238. The smallest absolute Gasteiger partial charge is 0.134 e. The molecule has 0 radical (unpaired) electrons. The molecule has 0 aromatic heterocycles. The van der Waals surface area contributed by atoms with Crippen molar-refractivity contribution >= 4 is 45.3 Å². The lowest BCUT2D eigenvalue weighted by atomic mass is 10.0. The Balaban J connectivity index is 1.71. The van der Waals surface area contributed by atoms with Crippen LogP contribution in [0.5, 0.6) is 0 Å². The number of halogens is 2. The van der Waals surface area contributed by atoms with Crippen LogP contribution >= 0.6 is 23.2 Å². The molecule has 1 atom stereocenters. The summed E-state index contributed by atoms with van der Waals surface area (Å²) in [5.74, 6) is 0. The maximum atomic E-state index is 10.9. The summed E-state index contributed by atoms with van der Waals surface area (Å²) >= 11 is 12.3. The zero-order valence-electron chi connectivity index (χ0n) is 14.7. The predicted molar refractivity (Wildman–Crippen MR) is 111 cm³/mol. The van der Waals surface area contributed by atoms with Crippen LogP contribution in [0, 0.1) is 0 Å². The van der Waals surface area contributed by atoms with Gasteiger partial charge in [-0.05, 0) is 29.7 Å². The minimum atomic E-state index is -0.660.